The maximum Gasteiger partial charge on any atom is 0.275 e. The number of nitrogens with one attached hydrogen (secondary N) is 1. The van der Waals surface area contributed by atoms with Gasteiger partial charge in [0.1, 0.15) is 0 Å². The van der Waals surface area contributed by atoms with Gasteiger partial charge >= 0.3 is 0 Å². The van der Waals surface area contributed by atoms with Crippen LogP contribution >= 0.6 is 0 Å². The minimum absolute atomic E-state index is 0.0214. The molecule has 0 unspecified atom stereocenters. The number of nitrogens with zero attached hydrogens (tertiary/aromatic N) is 3. The van der Waals surface area contributed by atoms with Gasteiger partial charge in [0.2, 0.25) is 0 Å². The van der Waals surface area contributed by atoms with Gasteiger partial charge < -0.3 is 9.64 Å². The molecule has 1 N–H and O–H groups in total. The van der Waals surface area contributed by atoms with E-state index in [1.54, 1.807) is 12.4 Å². The molecule has 24 heavy (non-hydrogen) atoms. The average Bonchev–Trinajstić information content (AvgIpc) is 3.32. The van der Waals surface area contributed by atoms with Gasteiger partial charge in [-0.1, -0.05) is 0 Å². The van der Waals surface area contributed by atoms with Gasteiger partial charge in [0.15, 0.2) is 5.69 Å². The van der Waals surface area contributed by atoms with Crippen LogP contribution in [0.1, 0.15) is 60.1 Å². The molecule has 0 radical (unpaired) electrons. The van der Waals surface area contributed by atoms with E-state index < -0.39 is 0 Å². The zero-order chi connectivity index (χ0) is 16.7. The van der Waals surface area contributed by atoms with Gasteiger partial charge in [-0.15, -0.1) is 0 Å². The van der Waals surface area contributed by atoms with Crippen molar-refractivity contribution in [2.24, 2.45) is 0 Å². The van der Waals surface area contributed by atoms with Crippen LogP contribution in [-0.2, 0) is 17.7 Å². The molecule has 1 fully saturated rings. The lowest BCUT2D eigenvalue weighted by atomic mass is 9.99. The Kier molecular flexibility index (Phi) is 3.84. The highest BCUT2D eigenvalue weighted by atomic mass is 16.5. The quantitative estimate of drug-likeness (QED) is 0.937. The summed E-state index contributed by atoms with van der Waals surface area (Å²) in [7, 11) is 0. The van der Waals surface area contributed by atoms with E-state index in [1.807, 2.05) is 30.9 Å². The monoisotopic (exact) mass is 326 g/mol. The molecular weight excluding hydrogens is 304 g/mol. The average molecular weight is 326 g/mol. The van der Waals surface area contributed by atoms with Crippen LogP contribution in [-0.4, -0.2) is 38.1 Å². The van der Waals surface area contributed by atoms with E-state index in [0.717, 1.165) is 36.1 Å². The third kappa shape index (κ3) is 2.82. The molecule has 2 aliphatic rings. The zero-order valence-corrected chi connectivity index (χ0v) is 14.0. The summed E-state index contributed by atoms with van der Waals surface area (Å²) < 4.78 is 5.82. The molecule has 0 aromatic carbocycles. The van der Waals surface area contributed by atoms with E-state index >= 15 is 0 Å². The lowest BCUT2D eigenvalue weighted by Crippen LogP contribution is -2.34. The second-order valence-corrected chi connectivity index (χ2v) is 6.78. The summed E-state index contributed by atoms with van der Waals surface area (Å²) in [4.78, 5) is 19.2. The smallest absolute Gasteiger partial charge is 0.275 e. The number of carbonyl (C=O) groups excluding carboxylic acids is 1. The number of ether oxygens (including phenoxy) is 1. The van der Waals surface area contributed by atoms with Crippen molar-refractivity contribution in [2.45, 2.75) is 57.9 Å². The molecule has 1 aliphatic carbocycles. The third-order valence-electron chi connectivity index (χ3n) is 4.79. The molecule has 6 nitrogen and oxygen atoms in total. The van der Waals surface area contributed by atoms with E-state index in [2.05, 4.69) is 15.2 Å². The molecule has 1 saturated carbocycles. The molecule has 0 bridgehead atoms. The second kappa shape index (κ2) is 6.02. The van der Waals surface area contributed by atoms with Crippen molar-refractivity contribution in [3.8, 4) is 0 Å². The first-order valence-corrected chi connectivity index (χ1v) is 8.56. The van der Waals surface area contributed by atoms with Crippen LogP contribution in [0.4, 0.5) is 0 Å². The van der Waals surface area contributed by atoms with E-state index in [0.29, 0.717) is 18.3 Å². The molecule has 2 atom stereocenters. The fraction of sp³-hybridized carbons (Fsp3) is 0.500. The van der Waals surface area contributed by atoms with Crippen molar-refractivity contribution in [3.05, 3.63) is 47.0 Å². The Morgan fingerprint density at radius 3 is 2.79 bits per heavy atom. The van der Waals surface area contributed by atoms with Crippen molar-refractivity contribution < 1.29 is 9.53 Å². The van der Waals surface area contributed by atoms with Crippen LogP contribution in [0.5, 0.6) is 0 Å². The number of rotatable bonds is 4. The summed E-state index contributed by atoms with van der Waals surface area (Å²) in [6, 6.07) is 4.24. The summed E-state index contributed by atoms with van der Waals surface area (Å²) in [5, 5.41) is 7.37. The summed E-state index contributed by atoms with van der Waals surface area (Å²) in [6.45, 7) is 4.64. The van der Waals surface area contributed by atoms with E-state index in [9.17, 15) is 4.79 Å². The van der Waals surface area contributed by atoms with Crippen LogP contribution < -0.4 is 0 Å². The fourth-order valence-electron chi connectivity index (χ4n) is 3.42. The summed E-state index contributed by atoms with van der Waals surface area (Å²) in [6.07, 6.45) is 6.45. The van der Waals surface area contributed by atoms with E-state index in [4.69, 9.17) is 4.74 Å². The SMILES string of the molecule is C[C@@H]1Cc2c(C(=O)N(Cc3ccncc3)C3CC3)n[nH]c2[C@H](C)O1. The van der Waals surface area contributed by atoms with Crippen molar-refractivity contribution in [1.82, 2.24) is 20.1 Å². The van der Waals surface area contributed by atoms with Gasteiger partial charge in [0, 0.05) is 37.0 Å². The zero-order valence-electron chi connectivity index (χ0n) is 14.0. The highest BCUT2D eigenvalue weighted by molar-refractivity contribution is 5.94. The maximum atomic E-state index is 13.2. The van der Waals surface area contributed by atoms with Gasteiger partial charge in [0.05, 0.1) is 17.9 Å². The summed E-state index contributed by atoms with van der Waals surface area (Å²) in [5.74, 6) is 0.0214. The molecule has 1 amide bonds. The number of aromatic nitrogens is 3. The molecule has 2 aromatic heterocycles. The van der Waals surface area contributed by atoms with Crippen LogP contribution in [0.25, 0.3) is 0 Å². The number of hydrogen-bond acceptors (Lipinski definition) is 4. The van der Waals surface area contributed by atoms with Gasteiger partial charge in [-0.25, -0.2) is 0 Å². The van der Waals surface area contributed by atoms with Gasteiger partial charge in [-0.3, -0.25) is 14.9 Å². The van der Waals surface area contributed by atoms with E-state index in [-0.39, 0.29) is 18.1 Å². The fourth-order valence-corrected chi connectivity index (χ4v) is 3.42. The maximum absolute atomic E-state index is 13.2. The van der Waals surface area contributed by atoms with Crippen LogP contribution in [0.3, 0.4) is 0 Å². The Bertz CT molecular complexity index is 739. The lowest BCUT2D eigenvalue weighted by Gasteiger charge is -2.26. The Labute approximate surface area is 141 Å². The first kappa shape index (κ1) is 15.3. The molecule has 2 aromatic rings. The number of hydrogen-bond donors (Lipinski definition) is 1. The Hall–Kier alpha value is -2.21. The van der Waals surface area contributed by atoms with Crippen molar-refractivity contribution in [1.29, 1.82) is 0 Å². The highest BCUT2D eigenvalue weighted by Crippen LogP contribution is 2.33. The number of H-pyrrole nitrogens is 1. The third-order valence-corrected chi connectivity index (χ3v) is 4.79. The normalized spacial score (nSPS) is 22.9. The van der Waals surface area contributed by atoms with E-state index in [1.165, 1.54) is 0 Å². The molecule has 126 valence electrons. The summed E-state index contributed by atoms with van der Waals surface area (Å²) in [5.41, 5.74) is 3.62. The Morgan fingerprint density at radius 1 is 1.33 bits per heavy atom. The number of aromatic amines is 1. The molecule has 3 heterocycles. The number of pyridine rings is 1. The first-order valence-electron chi connectivity index (χ1n) is 8.56. The minimum atomic E-state index is -0.0487. The first-order chi connectivity index (χ1) is 11.6. The van der Waals surface area contributed by atoms with Gasteiger partial charge in [0.25, 0.3) is 5.91 Å². The number of carbonyl (C=O) groups is 1. The molecule has 1 aliphatic heterocycles. The number of fused-ring (bicyclic) bond motifs is 1. The molecule has 0 saturated heterocycles. The summed E-state index contributed by atoms with van der Waals surface area (Å²) >= 11 is 0. The van der Waals surface area contributed by atoms with Crippen molar-refractivity contribution in [3.63, 3.8) is 0 Å². The predicted octanol–water partition coefficient (Wildman–Crippen LogP) is 2.63. The second-order valence-electron chi connectivity index (χ2n) is 6.78. The standard InChI is InChI=1S/C18H22N4O2/c1-11-9-15-16(12(2)24-11)20-21-17(15)18(23)22(14-3-4-14)10-13-5-7-19-8-6-13/h5-8,11-12,14H,3-4,9-10H2,1-2H3,(H,20,21)/t11-,12+/m1/s1. The lowest BCUT2D eigenvalue weighted by molar-refractivity contribution is -0.00702. The molecular formula is C18H22N4O2. The van der Waals surface area contributed by atoms with Crippen molar-refractivity contribution in [2.75, 3.05) is 0 Å². The predicted molar refractivity (Wildman–Crippen MR) is 88.4 cm³/mol. The Balaban J connectivity index is 1.62. The molecule has 4 rings (SSSR count). The Morgan fingerprint density at radius 2 is 2.08 bits per heavy atom. The minimum Gasteiger partial charge on any atom is -0.369 e. The van der Waals surface area contributed by atoms with Gasteiger partial charge in [-0.05, 0) is 44.4 Å². The number of amides is 1. The molecule has 0 spiro atoms. The van der Waals surface area contributed by atoms with Crippen LogP contribution in [0, 0.1) is 0 Å². The topological polar surface area (TPSA) is 71.1 Å². The van der Waals surface area contributed by atoms with Gasteiger partial charge in [-0.2, -0.15) is 5.10 Å². The highest BCUT2D eigenvalue weighted by Gasteiger charge is 2.37. The van der Waals surface area contributed by atoms with Crippen LogP contribution in [0.2, 0.25) is 0 Å². The largest absolute Gasteiger partial charge is 0.369 e. The van der Waals surface area contributed by atoms with Crippen LogP contribution in [0.15, 0.2) is 24.5 Å². The van der Waals surface area contributed by atoms with Crippen molar-refractivity contribution >= 4 is 5.91 Å². The molecule has 6 heteroatoms.